The summed E-state index contributed by atoms with van der Waals surface area (Å²) in [6.45, 7) is 6.52. The van der Waals surface area contributed by atoms with E-state index in [4.69, 9.17) is 5.11 Å². The van der Waals surface area contributed by atoms with Crippen molar-refractivity contribution < 1.29 is 5.11 Å². The molecular weight excluding hydrogens is 254 g/mol. The molecule has 0 aliphatic rings. The molecule has 2 rings (SSSR count). The van der Waals surface area contributed by atoms with E-state index in [0.717, 1.165) is 30.8 Å². The molecule has 2 aromatic rings. The van der Waals surface area contributed by atoms with Gasteiger partial charge in [0, 0.05) is 32.0 Å². The zero-order chi connectivity index (χ0) is 14.5. The summed E-state index contributed by atoms with van der Waals surface area (Å²) in [7, 11) is 0. The minimum absolute atomic E-state index is 0.0492. The van der Waals surface area contributed by atoms with Gasteiger partial charge in [0.25, 0.3) is 5.56 Å². The molecule has 0 radical (unpaired) electrons. The molecule has 0 bridgehead atoms. The van der Waals surface area contributed by atoms with Gasteiger partial charge in [-0.3, -0.25) is 14.1 Å². The molecule has 0 aliphatic carbocycles. The van der Waals surface area contributed by atoms with Crippen molar-refractivity contribution in [3.63, 3.8) is 0 Å². The Hall–Kier alpha value is -1.72. The molecule has 108 valence electrons. The van der Waals surface area contributed by atoms with Crippen molar-refractivity contribution in [1.29, 1.82) is 0 Å². The van der Waals surface area contributed by atoms with Crippen LogP contribution in [0.1, 0.15) is 24.6 Å². The van der Waals surface area contributed by atoms with Gasteiger partial charge in [-0.25, -0.2) is 4.98 Å². The minimum atomic E-state index is -0.0492. The standard InChI is InChI=1S/C15H21N3O2/c1-3-17(7-5-9-19)11-13-10-14(20)18-8-4-6-12(2)15(18)16-13/h4,6,8,10,19H,3,5,7,9,11H2,1-2H3. The molecule has 5 heteroatoms. The molecule has 0 saturated heterocycles. The zero-order valence-corrected chi connectivity index (χ0v) is 12.0. The predicted molar refractivity (Wildman–Crippen MR) is 78.9 cm³/mol. The van der Waals surface area contributed by atoms with Crippen LogP contribution in [-0.2, 0) is 6.54 Å². The van der Waals surface area contributed by atoms with Crippen molar-refractivity contribution in [3.8, 4) is 0 Å². The highest BCUT2D eigenvalue weighted by atomic mass is 16.3. The normalized spacial score (nSPS) is 11.4. The van der Waals surface area contributed by atoms with Crippen molar-refractivity contribution in [3.05, 3.63) is 46.0 Å². The molecule has 2 heterocycles. The molecule has 0 spiro atoms. The lowest BCUT2D eigenvalue weighted by Crippen LogP contribution is -2.27. The summed E-state index contributed by atoms with van der Waals surface area (Å²) in [5, 5.41) is 8.90. The highest BCUT2D eigenvalue weighted by molar-refractivity contribution is 5.46. The fourth-order valence-electron chi connectivity index (χ4n) is 2.26. The lowest BCUT2D eigenvalue weighted by atomic mass is 10.2. The largest absolute Gasteiger partial charge is 0.396 e. The first kappa shape index (κ1) is 14.7. The maximum atomic E-state index is 12.1. The molecule has 0 atom stereocenters. The number of pyridine rings is 1. The van der Waals surface area contributed by atoms with E-state index < -0.39 is 0 Å². The Bertz CT molecular complexity index is 637. The highest BCUT2D eigenvalue weighted by Crippen LogP contribution is 2.07. The number of aliphatic hydroxyl groups is 1. The quantitative estimate of drug-likeness (QED) is 0.861. The molecule has 0 unspecified atom stereocenters. The third kappa shape index (κ3) is 3.23. The molecule has 0 aromatic carbocycles. The van der Waals surface area contributed by atoms with Gasteiger partial charge in [-0.2, -0.15) is 0 Å². The summed E-state index contributed by atoms with van der Waals surface area (Å²) < 4.78 is 1.57. The van der Waals surface area contributed by atoms with E-state index in [1.165, 1.54) is 0 Å². The van der Waals surface area contributed by atoms with Gasteiger partial charge in [-0.1, -0.05) is 13.0 Å². The van der Waals surface area contributed by atoms with Crippen LogP contribution in [0.4, 0.5) is 0 Å². The number of rotatable bonds is 6. The van der Waals surface area contributed by atoms with Crippen molar-refractivity contribution in [2.45, 2.75) is 26.8 Å². The maximum absolute atomic E-state index is 12.1. The van der Waals surface area contributed by atoms with Crippen LogP contribution >= 0.6 is 0 Å². The lowest BCUT2D eigenvalue weighted by Gasteiger charge is -2.19. The summed E-state index contributed by atoms with van der Waals surface area (Å²) in [6.07, 6.45) is 2.48. The van der Waals surface area contributed by atoms with Crippen LogP contribution < -0.4 is 5.56 Å². The second-order valence-electron chi connectivity index (χ2n) is 4.92. The Balaban J connectivity index is 2.31. The smallest absolute Gasteiger partial charge is 0.258 e. The van der Waals surface area contributed by atoms with E-state index in [-0.39, 0.29) is 12.2 Å². The van der Waals surface area contributed by atoms with E-state index in [1.807, 2.05) is 19.1 Å². The van der Waals surface area contributed by atoms with Gasteiger partial charge >= 0.3 is 0 Å². The Morgan fingerprint density at radius 1 is 1.45 bits per heavy atom. The Morgan fingerprint density at radius 3 is 2.95 bits per heavy atom. The first-order chi connectivity index (χ1) is 9.65. The number of hydrogen-bond donors (Lipinski definition) is 1. The lowest BCUT2D eigenvalue weighted by molar-refractivity contribution is 0.224. The molecule has 0 saturated carbocycles. The Kier molecular flexibility index (Phi) is 4.87. The van der Waals surface area contributed by atoms with Crippen molar-refractivity contribution >= 4 is 5.65 Å². The third-order valence-electron chi connectivity index (χ3n) is 3.40. The van der Waals surface area contributed by atoms with Gasteiger partial charge in [0.05, 0.1) is 5.69 Å². The van der Waals surface area contributed by atoms with Crippen molar-refractivity contribution in [2.24, 2.45) is 0 Å². The van der Waals surface area contributed by atoms with E-state index in [0.29, 0.717) is 12.2 Å². The average Bonchev–Trinajstić information content (AvgIpc) is 2.44. The monoisotopic (exact) mass is 275 g/mol. The van der Waals surface area contributed by atoms with Crippen molar-refractivity contribution in [1.82, 2.24) is 14.3 Å². The maximum Gasteiger partial charge on any atom is 0.258 e. The van der Waals surface area contributed by atoms with Gasteiger partial charge in [0.1, 0.15) is 5.65 Å². The fraction of sp³-hybridized carbons (Fsp3) is 0.467. The molecule has 0 fully saturated rings. The average molecular weight is 275 g/mol. The predicted octanol–water partition coefficient (Wildman–Crippen LogP) is 1.21. The first-order valence-corrected chi connectivity index (χ1v) is 6.97. The summed E-state index contributed by atoms with van der Waals surface area (Å²) in [5.41, 5.74) is 2.44. The number of nitrogens with zero attached hydrogens (tertiary/aromatic N) is 3. The third-order valence-corrected chi connectivity index (χ3v) is 3.40. The molecular formula is C15H21N3O2. The van der Waals surface area contributed by atoms with Crippen LogP contribution in [0, 0.1) is 6.92 Å². The van der Waals surface area contributed by atoms with Gasteiger partial charge < -0.3 is 5.11 Å². The second kappa shape index (κ2) is 6.63. The van der Waals surface area contributed by atoms with Crippen LogP contribution in [0.25, 0.3) is 5.65 Å². The SMILES string of the molecule is CCN(CCCO)Cc1cc(=O)n2cccc(C)c2n1. The number of aromatic nitrogens is 2. The van der Waals surface area contributed by atoms with Crippen LogP contribution in [0.3, 0.4) is 0 Å². The minimum Gasteiger partial charge on any atom is -0.396 e. The molecule has 5 nitrogen and oxygen atoms in total. The van der Waals surface area contributed by atoms with Crippen LogP contribution in [0.15, 0.2) is 29.2 Å². The summed E-state index contributed by atoms with van der Waals surface area (Å²) >= 11 is 0. The molecule has 0 aliphatic heterocycles. The van der Waals surface area contributed by atoms with Crippen LogP contribution in [-0.4, -0.2) is 39.1 Å². The molecule has 20 heavy (non-hydrogen) atoms. The Labute approximate surface area is 118 Å². The van der Waals surface area contributed by atoms with Gasteiger partial charge in [0.2, 0.25) is 0 Å². The fourth-order valence-corrected chi connectivity index (χ4v) is 2.26. The molecule has 2 aromatic heterocycles. The van der Waals surface area contributed by atoms with E-state index in [9.17, 15) is 4.79 Å². The summed E-state index contributed by atoms with van der Waals surface area (Å²) in [6, 6.07) is 5.40. The number of aryl methyl sites for hydroxylation is 1. The van der Waals surface area contributed by atoms with E-state index >= 15 is 0 Å². The van der Waals surface area contributed by atoms with Gasteiger partial charge in [-0.15, -0.1) is 0 Å². The summed E-state index contributed by atoms with van der Waals surface area (Å²) in [4.78, 5) is 18.9. The number of aliphatic hydroxyl groups excluding tert-OH is 1. The zero-order valence-electron chi connectivity index (χ0n) is 12.0. The molecule has 1 N–H and O–H groups in total. The van der Waals surface area contributed by atoms with Gasteiger partial charge in [0.15, 0.2) is 0 Å². The second-order valence-corrected chi connectivity index (χ2v) is 4.92. The molecule has 0 amide bonds. The Morgan fingerprint density at radius 2 is 2.25 bits per heavy atom. The van der Waals surface area contributed by atoms with Crippen LogP contribution in [0.5, 0.6) is 0 Å². The topological polar surface area (TPSA) is 57.8 Å². The van der Waals surface area contributed by atoms with Crippen molar-refractivity contribution in [2.75, 3.05) is 19.7 Å². The van der Waals surface area contributed by atoms with Gasteiger partial charge in [-0.05, 0) is 31.5 Å². The number of fused-ring (bicyclic) bond motifs is 1. The van der Waals surface area contributed by atoms with E-state index in [1.54, 1.807) is 16.7 Å². The highest BCUT2D eigenvalue weighted by Gasteiger charge is 2.08. The number of hydrogen-bond acceptors (Lipinski definition) is 4. The summed E-state index contributed by atoms with van der Waals surface area (Å²) in [5.74, 6) is 0. The van der Waals surface area contributed by atoms with E-state index in [2.05, 4.69) is 16.8 Å². The van der Waals surface area contributed by atoms with Crippen LogP contribution in [0.2, 0.25) is 0 Å². The first-order valence-electron chi connectivity index (χ1n) is 6.97.